The Morgan fingerprint density at radius 3 is 2.75 bits per heavy atom. The lowest BCUT2D eigenvalue weighted by Crippen LogP contribution is -2.42. The average molecular weight is 377 g/mol. The van der Waals surface area contributed by atoms with Crippen LogP contribution in [0.1, 0.15) is 49.4 Å². The first-order chi connectivity index (χ1) is 13.6. The topological polar surface area (TPSA) is 55.6 Å². The third kappa shape index (κ3) is 4.09. The van der Waals surface area contributed by atoms with Crippen molar-refractivity contribution in [2.75, 3.05) is 0 Å². The van der Waals surface area contributed by atoms with Crippen molar-refractivity contribution in [3.8, 4) is 0 Å². The normalized spacial score (nSPS) is 22.3. The molecule has 1 amide bonds. The number of benzene rings is 1. The van der Waals surface area contributed by atoms with E-state index < -0.39 is 0 Å². The van der Waals surface area contributed by atoms with E-state index in [4.69, 9.17) is 9.72 Å². The van der Waals surface area contributed by atoms with E-state index in [1.165, 1.54) is 5.56 Å². The molecule has 5 heteroatoms. The van der Waals surface area contributed by atoms with Gasteiger partial charge in [-0.15, -0.1) is 0 Å². The summed E-state index contributed by atoms with van der Waals surface area (Å²) < 4.78 is 8.60. The number of carbonyl (C=O) groups excluding carboxylic acids is 1. The number of nitrogens with zero attached hydrogens (tertiary/aromatic N) is 2. The van der Waals surface area contributed by atoms with E-state index in [2.05, 4.69) is 40.0 Å². The predicted octanol–water partition coefficient (Wildman–Crippen LogP) is 4.00. The summed E-state index contributed by atoms with van der Waals surface area (Å²) in [5, 5.41) is 3.11. The third-order valence-corrected chi connectivity index (χ3v) is 5.47. The van der Waals surface area contributed by atoms with Gasteiger partial charge in [0.1, 0.15) is 11.9 Å². The standard InChI is InChI=1S/C23H27N3O2/c1-16-24-23(21-10-6-7-13-26(16)21)22-15-19(25-17(2)27)14-20(28-22)12-11-18-8-4-3-5-9-18/h3-10,13,19-20,22H,11-12,14-15H2,1-2H3,(H,25,27)/t19-,20+,22+/m1/s1. The molecule has 1 N–H and O–H groups in total. The number of amides is 1. The van der Waals surface area contributed by atoms with Crippen molar-refractivity contribution in [3.63, 3.8) is 0 Å². The van der Waals surface area contributed by atoms with Crippen molar-refractivity contribution >= 4 is 11.4 Å². The molecule has 1 aliphatic rings. The molecule has 3 heterocycles. The molecule has 2 aromatic heterocycles. The van der Waals surface area contributed by atoms with Gasteiger partial charge in [-0.3, -0.25) is 4.79 Å². The van der Waals surface area contributed by atoms with Crippen molar-refractivity contribution in [2.24, 2.45) is 0 Å². The van der Waals surface area contributed by atoms with Crippen LogP contribution in [-0.2, 0) is 16.0 Å². The minimum absolute atomic E-state index is 0.0124. The number of hydrogen-bond donors (Lipinski definition) is 1. The number of fused-ring (bicyclic) bond motifs is 1. The molecule has 1 aromatic carbocycles. The highest BCUT2D eigenvalue weighted by Gasteiger charge is 2.33. The van der Waals surface area contributed by atoms with Crippen molar-refractivity contribution in [1.82, 2.24) is 14.7 Å². The summed E-state index contributed by atoms with van der Waals surface area (Å²) >= 11 is 0. The molecule has 0 radical (unpaired) electrons. The van der Waals surface area contributed by atoms with Crippen LogP contribution in [0.15, 0.2) is 54.7 Å². The van der Waals surface area contributed by atoms with E-state index in [-0.39, 0.29) is 24.2 Å². The predicted molar refractivity (Wildman–Crippen MR) is 109 cm³/mol. The monoisotopic (exact) mass is 377 g/mol. The average Bonchev–Trinajstić information content (AvgIpc) is 3.04. The van der Waals surface area contributed by atoms with Gasteiger partial charge < -0.3 is 14.5 Å². The SMILES string of the molecule is CC(=O)N[C@@H]1C[C@H](CCc2ccccc2)O[C@H](c2nc(C)n3ccccc23)C1. The molecule has 146 valence electrons. The summed E-state index contributed by atoms with van der Waals surface area (Å²) in [6.07, 6.45) is 5.50. The minimum atomic E-state index is -0.113. The molecule has 3 aromatic rings. The molecule has 1 saturated heterocycles. The fourth-order valence-corrected chi connectivity index (χ4v) is 4.21. The second-order valence-electron chi connectivity index (χ2n) is 7.64. The number of ether oxygens (including phenoxy) is 1. The van der Waals surface area contributed by atoms with E-state index >= 15 is 0 Å². The van der Waals surface area contributed by atoms with Crippen LogP contribution in [0.25, 0.3) is 5.52 Å². The van der Waals surface area contributed by atoms with E-state index in [1.54, 1.807) is 6.92 Å². The molecule has 3 atom stereocenters. The van der Waals surface area contributed by atoms with Crippen molar-refractivity contribution < 1.29 is 9.53 Å². The van der Waals surface area contributed by atoms with Gasteiger partial charge in [0.2, 0.25) is 5.91 Å². The van der Waals surface area contributed by atoms with Crippen LogP contribution in [-0.4, -0.2) is 27.4 Å². The van der Waals surface area contributed by atoms with Crippen LogP contribution < -0.4 is 5.32 Å². The van der Waals surface area contributed by atoms with Gasteiger partial charge in [-0.2, -0.15) is 0 Å². The third-order valence-electron chi connectivity index (χ3n) is 5.47. The van der Waals surface area contributed by atoms with Gasteiger partial charge in [-0.05, 0) is 50.3 Å². The minimum Gasteiger partial charge on any atom is -0.368 e. The molecule has 5 nitrogen and oxygen atoms in total. The van der Waals surface area contributed by atoms with Crippen LogP contribution >= 0.6 is 0 Å². The second-order valence-corrected chi connectivity index (χ2v) is 7.64. The smallest absolute Gasteiger partial charge is 0.217 e. The van der Waals surface area contributed by atoms with Gasteiger partial charge >= 0.3 is 0 Å². The Balaban J connectivity index is 1.56. The van der Waals surface area contributed by atoms with Crippen LogP contribution in [0.2, 0.25) is 0 Å². The van der Waals surface area contributed by atoms with Crippen LogP contribution in [0.4, 0.5) is 0 Å². The molecule has 0 unspecified atom stereocenters. The van der Waals surface area contributed by atoms with Gasteiger partial charge in [0.25, 0.3) is 0 Å². The summed E-state index contributed by atoms with van der Waals surface area (Å²) in [6.45, 7) is 3.59. The molecule has 4 rings (SSSR count). The first kappa shape index (κ1) is 18.7. The Hall–Kier alpha value is -2.66. The maximum absolute atomic E-state index is 11.7. The molecule has 1 aliphatic heterocycles. The largest absolute Gasteiger partial charge is 0.368 e. The highest BCUT2D eigenvalue weighted by Crippen LogP contribution is 2.35. The second kappa shape index (κ2) is 8.15. The summed E-state index contributed by atoms with van der Waals surface area (Å²) in [4.78, 5) is 16.5. The van der Waals surface area contributed by atoms with Gasteiger partial charge in [0, 0.05) is 19.2 Å². The zero-order valence-electron chi connectivity index (χ0n) is 16.5. The molecule has 0 saturated carbocycles. The van der Waals surface area contributed by atoms with Gasteiger partial charge in [0.05, 0.1) is 17.3 Å². The van der Waals surface area contributed by atoms with E-state index in [1.807, 2.05) is 31.3 Å². The van der Waals surface area contributed by atoms with E-state index in [9.17, 15) is 4.79 Å². The molecule has 0 bridgehead atoms. The van der Waals surface area contributed by atoms with Gasteiger partial charge in [0.15, 0.2) is 0 Å². The Kier molecular flexibility index (Phi) is 5.44. The quantitative estimate of drug-likeness (QED) is 0.731. The molecule has 0 aliphatic carbocycles. The first-order valence-corrected chi connectivity index (χ1v) is 10.00. The molecular weight excluding hydrogens is 350 g/mol. The number of imidazole rings is 1. The number of nitrogens with one attached hydrogen (secondary N) is 1. The van der Waals surface area contributed by atoms with Crippen LogP contribution in [0, 0.1) is 6.92 Å². The van der Waals surface area contributed by atoms with Gasteiger partial charge in [-0.25, -0.2) is 4.98 Å². The molecular formula is C23H27N3O2. The summed E-state index contributed by atoms with van der Waals surface area (Å²) in [5.74, 6) is 0.968. The zero-order chi connectivity index (χ0) is 19.5. The highest BCUT2D eigenvalue weighted by molar-refractivity contribution is 5.73. The lowest BCUT2D eigenvalue weighted by atomic mass is 9.93. The van der Waals surface area contributed by atoms with E-state index in [0.29, 0.717) is 0 Å². The Morgan fingerprint density at radius 1 is 1.18 bits per heavy atom. The molecule has 28 heavy (non-hydrogen) atoms. The number of aryl methyl sites for hydroxylation is 2. The number of carbonyl (C=O) groups is 1. The molecule has 1 fully saturated rings. The maximum Gasteiger partial charge on any atom is 0.217 e. The summed E-state index contributed by atoms with van der Waals surface area (Å²) in [5.41, 5.74) is 3.36. The summed E-state index contributed by atoms with van der Waals surface area (Å²) in [7, 11) is 0. The Bertz CT molecular complexity index is 951. The molecule has 0 spiro atoms. The zero-order valence-corrected chi connectivity index (χ0v) is 16.5. The Morgan fingerprint density at radius 2 is 1.96 bits per heavy atom. The number of rotatable bonds is 5. The highest BCUT2D eigenvalue weighted by atomic mass is 16.5. The lowest BCUT2D eigenvalue weighted by molar-refractivity contribution is -0.122. The van der Waals surface area contributed by atoms with Crippen molar-refractivity contribution in [2.45, 2.75) is 57.8 Å². The van der Waals surface area contributed by atoms with Crippen LogP contribution in [0.5, 0.6) is 0 Å². The maximum atomic E-state index is 11.7. The fraction of sp³-hybridized carbons (Fsp3) is 0.391. The number of pyridine rings is 1. The number of hydrogen-bond acceptors (Lipinski definition) is 3. The first-order valence-electron chi connectivity index (χ1n) is 10.00. The van der Waals surface area contributed by atoms with Crippen molar-refractivity contribution in [3.05, 3.63) is 71.8 Å². The lowest BCUT2D eigenvalue weighted by Gasteiger charge is -2.35. The van der Waals surface area contributed by atoms with Crippen LogP contribution in [0.3, 0.4) is 0 Å². The summed E-state index contributed by atoms with van der Waals surface area (Å²) in [6, 6.07) is 16.7. The van der Waals surface area contributed by atoms with Gasteiger partial charge in [-0.1, -0.05) is 36.4 Å². The van der Waals surface area contributed by atoms with E-state index in [0.717, 1.165) is 42.7 Å². The van der Waals surface area contributed by atoms with Crippen molar-refractivity contribution in [1.29, 1.82) is 0 Å². The number of aromatic nitrogens is 2. The fourth-order valence-electron chi connectivity index (χ4n) is 4.21. The Labute approximate surface area is 165 Å².